The molecular formula is C10H15NO. The smallest absolute Gasteiger partial charge is 0.217 e. The molecule has 0 aromatic rings. The number of amides is 1. The second kappa shape index (κ2) is 3.13. The molecular weight excluding hydrogens is 150 g/mol. The van der Waals surface area contributed by atoms with Crippen LogP contribution in [0.3, 0.4) is 0 Å². The molecule has 0 saturated carbocycles. The van der Waals surface area contributed by atoms with Crippen LogP contribution >= 0.6 is 0 Å². The molecule has 0 bridgehead atoms. The van der Waals surface area contributed by atoms with E-state index < -0.39 is 0 Å². The molecule has 2 nitrogen and oxygen atoms in total. The molecule has 12 heavy (non-hydrogen) atoms. The van der Waals surface area contributed by atoms with E-state index >= 15 is 0 Å². The minimum atomic E-state index is -0.176. The van der Waals surface area contributed by atoms with Crippen molar-refractivity contribution >= 4 is 5.91 Å². The molecule has 0 aliphatic heterocycles. The summed E-state index contributed by atoms with van der Waals surface area (Å²) in [6.07, 6.45) is 7.13. The molecule has 0 heterocycles. The standard InChI is InChI=1S/C10H15NO/c1-8-5-4-6-10(3,7-8)11-9(2)12/h4-5,7H,6H2,1-3H3,(H,11,12). The topological polar surface area (TPSA) is 29.1 Å². The zero-order valence-corrected chi connectivity index (χ0v) is 7.85. The van der Waals surface area contributed by atoms with Crippen LogP contribution in [-0.4, -0.2) is 11.4 Å². The van der Waals surface area contributed by atoms with Gasteiger partial charge >= 0.3 is 0 Å². The van der Waals surface area contributed by atoms with Gasteiger partial charge in [-0.25, -0.2) is 0 Å². The lowest BCUT2D eigenvalue weighted by atomic mass is 9.90. The van der Waals surface area contributed by atoms with Crippen LogP contribution in [0.25, 0.3) is 0 Å². The summed E-state index contributed by atoms with van der Waals surface area (Å²) in [5.41, 5.74) is 1.03. The lowest BCUT2D eigenvalue weighted by molar-refractivity contribution is -0.120. The Labute approximate surface area is 73.4 Å². The molecule has 1 aliphatic carbocycles. The van der Waals surface area contributed by atoms with Gasteiger partial charge in [-0.3, -0.25) is 4.79 Å². The first-order valence-corrected chi connectivity index (χ1v) is 4.17. The summed E-state index contributed by atoms with van der Waals surface area (Å²) in [5, 5.41) is 2.92. The van der Waals surface area contributed by atoms with Crippen LogP contribution < -0.4 is 5.32 Å². The Kier molecular flexibility index (Phi) is 2.36. The zero-order chi connectivity index (χ0) is 9.19. The Balaban J connectivity index is 2.73. The Morgan fingerprint density at radius 1 is 1.67 bits per heavy atom. The van der Waals surface area contributed by atoms with Crippen molar-refractivity contribution in [3.05, 3.63) is 23.8 Å². The Morgan fingerprint density at radius 2 is 2.33 bits per heavy atom. The van der Waals surface area contributed by atoms with Gasteiger partial charge in [0.1, 0.15) is 0 Å². The molecule has 0 fully saturated rings. The number of carbonyl (C=O) groups is 1. The van der Waals surface area contributed by atoms with E-state index in [0.29, 0.717) is 0 Å². The average molecular weight is 165 g/mol. The van der Waals surface area contributed by atoms with Crippen LogP contribution in [0.2, 0.25) is 0 Å². The van der Waals surface area contributed by atoms with Crippen LogP contribution in [0.5, 0.6) is 0 Å². The van der Waals surface area contributed by atoms with Crippen molar-refractivity contribution in [2.45, 2.75) is 32.7 Å². The minimum Gasteiger partial charge on any atom is -0.347 e. The van der Waals surface area contributed by atoms with Crippen molar-refractivity contribution in [3.8, 4) is 0 Å². The number of carbonyl (C=O) groups excluding carboxylic acids is 1. The lowest BCUT2D eigenvalue weighted by Gasteiger charge is -2.28. The molecule has 1 N–H and O–H groups in total. The van der Waals surface area contributed by atoms with Crippen LogP contribution in [0.1, 0.15) is 27.2 Å². The number of hydrogen-bond acceptors (Lipinski definition) is 1. The van der Waals surface area contributed by atoms with Gasteiger partial charge in [0.15, 0.2) is 0 Å². The van der Waals surface area contributed by atoms with Crippen LogP contribution in [-0.2, 0) is 4.79 Å². The van der Waals surface area contributed by atoms with Crippen LogP contribution in [0.15, 0.2) is 23.8 Å². The van der Waals surface area contributed by atoms with E-state index in [2.05, 4.69) is 23.5 Å². The molecule has 0 radical (unpaired) electrons. The summed E-state index contributed by atoms with van der Waals surface area (Å²) in [4.78, 5) is 10.9. The highest BCUT2D eigenvalue weighted by atomic mass is 16.1. The first-order valence-electron chi connectivity index (χ1n) is 4.17. The van der Waals surface area contributed by atoms with Crippen LogP contribution in [0.4, 0.5) is 0 Å². The van der Waals surface area contributed by atoms with E-state index in [0.717, 1.165) is 6.42 Å². The fourth-order valence-electron chi connectivity index (χ4n) is 1.59. The maximum atomic E-state index is 10.9. The van der Waals surface area contributed by atoms with Gasteiger partial charge < -0.3 is 5.32 Å². The highest BCUT2D eigenvalue weighted by Crippen LogP contribution is 2.20. The third-order valence-electron chi connectivity index (χ3n) is 1.93. The van der Waals surface area contributed by atoms with Gasteiger partial charge in [0, 0.05) is 6.92 Å². The molecule has 0 saturated heterocycles. The average Bonchev–Trinajstić information content (AvgIpc) is 1.82. The number of rotatable bonds is 1. The maximum absolute atomic E-state index is 10.9. The predicted molar refractivity (Wildman–Crippen MR) is 49.7 cm³/mol. The molecule has 1 unspecified atom stereocenters. The molecule has 66 valence electrons. The molecule has 2 heteroatoms. The summed E-state index contributed by atoms with van der Waals surface area (Å²) in [6, 6.07) is 0. The SMILES string of the molecule is CC(=O)NC1(C)C=C(C)C=CC1. The van der Waals surface area contributed by atoms with E-state index in [1.54, 1.807) is 6.92 Å². The van der Waals surface area contributed by atoms with Crippen LogP contribution in [0, 0.1) is 0 Å². The van der Waals surface area contributed by atoms with Crippen molar-refractivity contribution in [3.63, 3.8) is 0 Å². The van der Waals surface area contributed by atoms with Crippen molar-refractivity contribution in [2.75, 3.05) is 0 Å². The molecule has 0 aromatic heterocycles. The quantitative estimate of drug-likeness (QED) is 0.630. The Bertz CT molecular complexity index is 253. The van der Waals surface area contributed by atoms with Gasteiger partial charge in [-0.15, -0.1) is 0 Å². The van der Waals surface area contributed by atoms with Gasteiger partial charge in [0.05, 0.1) is 5.54 Å². The van der Waals surface area contributed by atoms with E-state index in [9.17, 15) is 4.79 Å². The van der Waals surface area contributed by atoms with Gasteiger partial charge in [0.2, 0.25) is 5.91 Å². The molecule has 1 amide bonds. The third kappa shape index (κ3) is 2.22. The third-order valence-corrected chi connectivity index (χ3v) is 1.93. The molecule has 1 aliphatic rings. The van der Waals surface area contributed by atoms with Crippen molar-refractivity contribution < 1.29 is 4.79 Å². The van der Waals surface area contributed by atoms with Gasteiger partial charge in [-0.05, 0) is 20.3 Å². The van der Waals surface area contributed by atoms with Gasteiger partial charge in [-0.2, -0.15) is 0 Å². The van der Waals surface area contributed by atoms with E-state index in [-0.39, 0.29) is 11.4 Å². The summed E-state index contributed by atoms with van der Waals surface area (Å²) in [5.74, 6) is 0.0249. The Morgan fingerprint density at radius 3 is 2.83 bits per heavy atom. The maximum Gasteiger partial charge on any atom is 0.217 e. The number of allylic oxidation sites excluding steroid dienone is 2. The van der Waals surface area contributed by atoms with Gasteiger partial charge in [0.25, 0.3) is 0 Å². The minimum absolute atomic E-state index is 0.0249. The normalized spacial score (nSPS) is 28.1. The van der Waals surface area contributed by atoms with E-state index in [4.69, 9.17) is 0 Å². The van der Waals surface area contributed by atoms with Crippen molar-refractivity contribution in [1.82, 2.24) is 5.32 Å². The van der Waals surface area contributed by atoms with Crippen molar-refractivity contribution in [1.29, 1.82) is 0 Å². The van der Waals surface area contributed by atoms with Gasteiger partial charge in [-0.1, -0.05) is 23.8 Å². The first-order chi connectivity index (χ1) is 5.52. The largest absolute Gasteiger partial charge is 0.347 e. The van der Waals surface area contributed by atoms with E-state index in [1.807, 2.05) is 13.8 Å². The number of hydrogen-bond donors (Lipinski definition) is 1. The molecule has 1 atom stereocenters. The monoisotopic (exact) mass is 165 g/mol. The van der Waals surface area contributed by atoms with Crippen molar-refractivity contribution in [2.24, 2.45) is 0 Å². The second-order valence-electron chi connectivity index (χ2n) is 3.59. The number of nitrogens with one attached hydrogen (secondary N) is 1. The summed E-state index contributed by atoms with van der Waals surface area (Å²) < 4.78 is 0. The zero-order valence-electron chi connectivity index (χ0n) is 7.85. The highest BCUT2D eigenvalue weighted by Gasteiger charge is 2.22. The molecule has 1 rings (SSSR count). The fourth-order valence-corrected chi connectivity index (χ4v) is 1.59. The summed E-state index contributed by atoms with van der Waals surface area (Å²) in [6.45, 7) is 5.61. The molecule has 0 aromatic carbocycles. The van der Waals surface area contributed by atoms with E-state index in [1.165, 1.54) is 5.57 Å². The first kappa shape index (κ1) is 9.04. The second-order valence-corrected chi connectivity index (χ2v) is 3.59. The lowest BCUT2D eigenvalue weighted by Crippen LogP contribution is -2.43. The summed E-state index contributed by atoms with van der Waals surface area (Å²) >= 11 is 0. The highest BCUT2D eigenvalue weighted by molar-refractivity contribution is 5.74. The predicted octanol–water partition coefficient (Wildman–Crippen LogP) is 1.79. The fraction of sp³-hybridized carbons (Fsp3) is 0.500. The summed E-state index contributed by atoms with van der Waals surface area (Å²) in [7, 11) is 0. The Hall–Kier alpha value is -1.05. The molecule has 0 spiro atoms.